The average molecular weight is 765 g/mol. The minimum atomic E-state index is -0.916. The number of aliphatic carboxylic acids is 1. The molecule has 1 unspecified atom stereocenters. The monoisotopic (exact) mass is 765 g/mol. The van der Waals surface area contributed by atoms with Crippen LogP contribution in [-0.4, -0.2) is 107 Å². The Kier molecular flexibility index (Phi) is 49.8. The molecule has 3 amide bonds. The number of unbranched alkanes of at least 4 members (excludes halogenated alkanes) is 14. The zero-order chi connectivity index (χ0) is 38.9. The minimum Gasteiger partial charge on any atom is -0.870 e. The molecular formula is C39H73LiN4O10. The van der Waals surface area contributed by atoms with E-state index in [1.54, 1.807) is 14.0 Å². The molecule has 0 saturated carbocycles. The number of amides is 3. The number of carboxylic acid groups (broad SMARTS) is 1. The number of esters is 1. The number of ether oxygens (including phenoxy) is 3. The largest absolute Gasteiger partial charge is 1.00 e. The molecular weight excluding hydrogens is 691 g/mol. The van der Waals surface area contributed by atoms with Gasteiger partial charge in [0.2, 0.25) is 5.91 Å². The van der Waals surface area contributed by atoms with Crippen LogP contribution >= 0.6 is 0 Å². The van der Waals surface area contributed by atoms with Gasteiger partial charge in [0.15, 0.2) is 0 Å². The molecule has 310 valence electrons. The number of hydrogen-bond acceptors (Lipinski definition) is 10. The van der Waals surface area contributed by atoms with E-state index in [-0.39, 0.29) is 55.5 Å². The van der Waals surface area contributed by atoms with Gasteiger partial charge in [0.25, 0.3) is 0 Å². The number of carboxylic acids is 1. The third-order valence-electron chi connectivity index (χ3n) is 7.84. The van der Waals surface area contributed by atoms with Crippen LogP contribution in [0.4, 0.5) is 0 Å². The minimum absolute atomic E-state index is 0. The molecule has 6 N–H and O–H groups in total. The number of hydrogen-bond donors (Lipinski definition) is 5. The molecule has 15 heteroatoms. The molecule has 0 aliphatic heterocycles. The molecule has 0 aliphatic carbocycles. The summed E-state index contributed by atoms with van der Waals surface area (Å²) >= 11 is 0. The summed E-state index contributed by atoms with van der Waals surface area (Å²) < 4.78 is 15.0. The molecule has 0 aliphatic rings. The maximum absolute atomic E-state index is 11.5. The Hall–Kier alpha value is -2.73. The van der Waals surface area contributed by atoms with Crippen molar-refractivity contribution in [3.63, 3.8) is 0 Å². The fraction of sp³-hybridized carbons (Fsp3) is 0.769. The maximum Gasteiger partial charge on any atom is 1.00 e. The predicted molar refractivity (Wildman–Crippen MR) is 208 cm³/mol. The first-order valence-electron chi connectivity index (χ1n) is 19.5. The van der Waals surface area contributed by atoms with E-state index < -0.39 is 17.8 Å². The SMILES string of the molecule is CCOC(=O)COCCCCCCC/C=C\CCCCNC(=O)C(C)NC.CNC(=O)C(=O)NCCCC/C=C\CCCCCCCOCC(=O)O.[Li+].[OH-]. The van der Waals surface area contributed by atoms with Crippen LogP contribution < -0.4 is 40.1 Å². The van der Waals surface area contributed by atoms with Gasteiger partial charge in [-0.1, -0.05) is 62.8 Å². The second kappa shape index (κ2) is 46.4. The molecule has 0 rings (SSSR count). The van der Waals surface area contributed by atoms with Crippen molar-refractivity contribution in [3.05, 3.63) is 24.3 Å². The van der Waals surface area contributed by atoms with Crippen LogP contribution in [0.2, 0.25) is 0 Å². The third kappa shape index (κ3) is 45.4. The predicted octanol–water partition coefficient (Wildman–Crippen LogP) is 2.20. The van der Waals surface area contributed by atoms with E-state index in [2.05, 4.69) is 45.6 Å². The summed E-state index contributed by atoms with van der Waals surface area (Å²) in [5.74, 6) is -2.31. The summed E-state index contributed by atoms with van der Waals surface area (Å²) in [6.07, 6.45) is 28.4. The standard InChI is InChI=1S/C21H40N2O4.C18H32N2O5.Li.H2O/c1-4-27-20(24)18-26-17-15-13-11-9-7-5-6-8-10-12-14-16-23-21(25)19(2)22-3;1-19-17(23)18(24)20-13-11-9-7-5-3-2-4-6-8-10-12-14-25-15-16(21)22;;/h6,8,19,22H,4-5,7,9-18H2,1-3H3,(H,23,25);3,5H,2,4,6-15H2,1H3,(H,19,23)(H,20,24)(H,21,22);;1H2/q;;+1;/p-1/b8-6-;5-3-;;. The Morgan fingerprint density at radius 3 is 1.48 bits per heavy atom. The molecule has 0 radical (unpaired) electrons. The van der Waals surface area contributed by atoms with Crippen LogP contribution in [0.1, 0.15) is 129 Å². The van der Waals surface area contributed by atoms with Gasteiger partial charge in [-0.15, -0.1) is 0 Å². The number of rotatable bonds is 33. The van der Waals surface area contributed by atoms with Gasteiger partial charge in [-0.05, 0) is 97.9 Å². The number of allylic oxidation sites excluding steroid dienone is 4. The molecule has 0 fully saturated rings. The number of carbonyl (C=O) groups is 5. The van der Waals surface area contributed by atoms with Gasteiger partial charge in [-0.3, -0.25) is 14.4 Å². The van der Waals surface area contributed by atoms with Crippen LogP contribution in [0, 0.1) is 0 Å². The molecule has 0 spiro atoms. The van der Waals surface area contributed by atoms with Crippen LogP contribution in [0.15, 0.2) is 24.3 Å². The maximum atomic E-state index is 11.5. The van der Waals surface area contributed by atoms with Crippen molar-refractivity contribution in [1.82, 2.24) is 21.3 Å². The Bertz CT molecular complexity index is 970. The first-order chi connectivity index (χ1) is 25.2. The van der Waals surface area contributed by atoms with Crippen molar-refractivity contribution in [2.24, 2.45) is 0 Å². The molecule has 0 bridgehead atoms. The van der Waals surface area contributed by atoms with Crippen LogP contribution in [0.3, 0.4) is 0 Å². The topological polar surface area (TPSA) is 211 Å². The van der Waals surface area contributed by atoms with Gasteiger partial charge < -0.3 is 46.1 Å². The summed E-state index contributed by atoms with van der Waals surface area (Å²) in [6.45, 7) is 6.36. The second-order valence-corrected chi connectivity index (χ2v) is 12.5. The van der Waals surface area contributed by atoms with Crippen molar-refractivity contribution in [1.29, 1.82) is 0 Å². The number of nitrogens with one attached hydrogen (secondary N) is 4. The fourth-order valence-corrected chi connectivity index (χ4v) is 4.65. The smallest absolute Gasteiger partial charge is 0.870 e. The van der Waals surface area contributed by atoms with E-state index in [1.165, 1.54) is 32.7 Å². The van der Waals surface area contributed by atoms with Gasteiger partial charge >= 0.3 is 42.6 Å². The van der Waals surface area contributed by atoms with Crippen LogP contribution in [0.5, 0.6) is 0 Å². The first-order valence-corrected chi connectivity index (χ1v) is 19.5. The Morgan fingerprint density at radius 1 is 0.611 bits per heavy atom. The summed E-state index contributed by atoms with van der Waals surface area (Å²) in [7, 11) is 3.22. The Morgan fingerprint density at radius 2 is 1.04 bits per heavy atom. The summed E-state index contributed by atoms with van der Waals surface area (Å²) in [6, 6.07) is -0.123. The van der Waals surface area contributed by atoms with Crippen molar-refractivity contribution in [3.8, 4) is 0 Å². The first kappa shape index (κ1) is 58.0. The quantitative estimate of drug-likeness (QED) is 0.0215. The molecule has 54 heavy (non-hydrogen) atoms. The zero-order valence-electron chi connectivity index (χ0n) is 34.2. The Balaban J connectivity index is -0.000000448. The molecule has 0 aromatic heterocycles. The van der Waals surface area contributed by atoms with E-state index in [4.69, 9.17) is 19.3 Å². The van der Waals surface area contributed by atoms with E-state index in [0.717, 1.165) is 96.4 Å². The normalized spacial score (nSPS) is 11.1. The van der Waals surface area contributed by atoms with Gasteiger partial charge in [0.1, 0.15) is 13.2 Å². The fourth-order valence-electron chi connectivity index (χ4n) is 4.65. The average Bonchev–Trinajstić information content (AvgIpc) is 3.13. The molecule has 14 nitrogen and oxygen atoms in total. The number of carbonyl (C=O) groups excluding carboxylic acids is 4. The van der Waals surface area contributed by atoms with E-state index >= 15 is 0 Å². The molecule has 0 saturated heterocycles. The molecule has 0 aromatic rings. The summed E-state index contributed by atoms with van der Waals surface area (Å²) in [4.78, 5) is 55.0. The van der Waals surface area contributed by atoms with Crippen LogP contribution in [0.25, 0.3) is 0 Å². The van der Waals surface area contributed by atoms with Crippen molar-refractivity contribution in [2.75, 3.05) is 60.2 Å². The van der Waals surface area contributed by atoms with E-state index in [9.17, 15) is 24.0 Å². The zero-order valence-corrected chi connectivity index (χ0v) is 34.2. The Labute approximate surface area is 337 Å². The van der Waals surface area contributed by atoms with Crippen molar-refractivity contribution >= 4 is 29.7 Å². The van der Waals surface area contributed by atoms with Gasteiger partial charge in [-0.2, -0.15) is 0 Å². The summed E-state index contributed by atoms with van der Waals surface area (Å²) in [5, 5.41) is 19.1. The van der Waals surface area contributed by atoms with Gasteiger partial charge in [0.05, 0.1) is 12.6 Å². The summed E-state index contributed by atoms with van der Waals surface area (Å²) in [5.41, 5.74) is 0. The second-order valence-electron chi connectivity index (χ2n) is 12.5. The van der Waals surface area contributed by atoms with Crippen molar-refractivity contribution < 1.29 is 67.6 Å². The van der Waals surface area contributed by atoms with Gasteiger partial charge in [-0.25, -0.2) is 9.59 Å². The number of likely N-dealkylation sites (N-methyl/N-ethyl adjacent to an activating group) is 2. The molecule has 0 aromatic carbocycles. The third-order valence-corrected chi connectivity index (χ3v) is 7.84. The van der Waals surface area contributed by atoms with Crippen LogP contribution in [-0.2, 0) is 38.2 Å². The molecule has 0 heterocycles. The van der Waals surface area contributed by atoms with E-state index in [0.29, 0.717) is 26.4 Å². The van der Waals surface area contributed by atoms with Gasteiger partial charge in [0, 0.05) is 33.4 Å². The van der Waals surface area contributed by atoms with Crippen molar-refractivity contribution in [2.45, 2.75) is 135 Å². The van der Waals surface area contributed by atoms with E-state index in [1.807, 2.05) is 6.92 Å². The molecule has 1 atom stereocenters.